The van der Waals surface area contributed by atoms with Crippen LogP contribution >= 0.6 is 0 Å². The molecule has 3 heteroatoms. The Hall–Kier alpha value is -2.29. The molecule has 0 radical (unpaired) electrons. The number of hydrogen-bond donors (Lipinski definition) is 0. The van der Waals surface area contributed by atoms with Crippen LogP contribution in [0.3, 0.4) is 0 Å². The van der Waals surface area contributed by atoms with Crippen LogP contribution in [0, 0.1) is 6.92 Å². The summed E-state index contributed by atoms with van der Waals surface area (Å²) in [6.07, 6.45) is 7.37. The van der Waals surface area contributed by atoms with Crippen LogP contribution in [0.1, 0.15) is 29.7 Å². The summed E-state index contributed by atoms with van der Waals surface area (Å²) in [6, 6.07) is 12.3. The van der Waals surface area contributed by atoms with E-state index >= 15 is 0 Å². The molecule has 0 spiro atoms. The minimum Gasteiger partial charge on any atom is -0.467 e. The van der Waals surface area contributed by atoms with Gasteiger partial charge < -0.3 is 9.32 Å². The van der Waals surface area contributed by atoms with E-state index in [0.717, 1.165) is 24.2 Å². The highest BCUT2D eigenvalue weighted by Crippen LogP contribution is 2.28. The van der Waals surface area contributed by atoms with Gasteiger partial charge in [-0.15, -0.1) is 0 Å². The lowest BCUT2D eigenvalue weighted by molar-refractivity contribution is -0.127. The molecule has 1 aliphatic carbocycles. The Bertz CT molecular complexity index is 639. The lowest BCUT2D eigenvalue weighted by Gasteiger charge is -2.19. The molecule has 3 nitrogen and oxygen atoms in total. The number of nitrogens with zero attached hydrogens (tertiary/aromatic N) is 1. The first-order chi connectivity index (χ1) is 10.2. The summed E-state index contributed by atoms with van der Waals surface area (Å²) < 4.78 is 5.35. The van der Waals surface area contributed by atoms with Gasteiger partial charge in [0, 0.05) is 12.1 Å². The molecule has 1 heterocycles. The maximum atomic E-state index is 12.4. The molecule has 1 fully saturated rings. The van der Waals surface area contributed by atoms with Crippen molar-refractivity contribution in [3.05, 3.63) is 65.6 Å². The standard InChI is InChI=1S/C18H19NO2/c1-14-4-2-5-15(12-14)7-10-18(20)19(16-8-9-16)13-17-6-3-11-21-17/h2-7,10-12,16H,8-9,13H2,1H3/b10-7+. The second-order valence-electron chi connectivity index (χ2n) is 5.52. The van der Waals surface area contributed by atoms with Crippen molar-refractivity contribution in [2.24, 2.45) is 0 Å². The summed E-state index contributed by atoms with van der Waals surface area (Å²) in [5, 5.41) is 0. The predicted octanol–water partition coefficient (Wildman–Crippen LogP) is 3.79. The fourth-order valence-corrected chi connectivity index (χ4v) is 2.38. The molecule has 1 aromatic carbocycles. The first-order valence-corrected chi connectivity index (χ1v) is 7.30. The van der Waals surface area contributed by atoms with Crippen molar-refractivity contribution in [2.45, 2.75) is 32.4 Å². The summed E-state index contributed by atoms with van der Waals surface area (Å²) in [5.74, 6) is 0.884. The molecule has 0 unspecified atom stereocenters. The van der Waals surface area contributed by atoms with E-state index in [1.165, 1.54) is 5.56 Å². The van der Waals surface area contributed by atoms with Crippen LogP contribution in [-0.4, -0.2) is 16.8 Å². The molecule has 0 bridgehead atoms. The van der Waals surface area contributed by atoms with Crippen molar-refractivity contribution in [3.8, 4) is 0 Å². The number of carbonyl (C=O) groups is 1. The van der Waals surface area contributed by atoms with E-state index in [2.05, 4.69) is 6.07 Å². The number of amides is 1. The van der Waals surface area contributed by atoms with Gasteiger partial charge in [-0.25, -0.2) is 0 Å². The van der Waals surface area contributed by atoms with Crippen LogP contribution in [-0.2, 0) is 11.3 Å². The Morgan fingerprint density at radius 3 is 2.86 bits per heavy atom. The molecule has 0 atom stereocenters. The zero-order chi connectivity index (χ0) is 14.7. The van der Waals surface area contributed by atoms with E-state index in [4.69, 9.17) is 4.42 Å². The first-order valence-electron chi connectivity index (χ1n) is 7.30. The van der Waals surface area contributed by atoms with Gasteiger partial charge in [-0.05, 0) is 43.5 Å². The molecule has 0 N–H and O–H groups in total. The molecular formula is C18H19NO2. The van der Waals surface area contributed by atoms with Gasteiger partial charge in [0.15, 0.2) is 0 Å². The summed E-state index contributed by atoms with van der Waals surface area (Å²) in [7, 11) is 0. The van der Waals surface area contributed by atoms with Crippen molar-refractivity contribution in [3.63, 3.8) is 0 Å². The molecular weight excluding hydrogens is 262 g/mol. The third-order valence-corrected chi connectivity index (χ3v) is 3.64. The van der Waals surface area contributed by atoms with Gasteiger partial charge >= 0.3 is 0 Å². The summed E-state index contributed by atoms with van der Waals surface area (Å²) in [5.41, 5.74) is 2.25. The topological polar surface area (TPSA) is 33.5 Å². The highest BCUT2D eigenvalue weighted by Gasteiger charge is 2.32. The Balaban J connectivity index is 1.69. The van der Waals surface area contributed by atoms with Crippen molar-refractivity contribution >= 4 is 12.0 Å². The van der Waals surface area contributed by atoms with Gasteiger partial charge in [0.2, 0.25) is 5.91 Å². The zero-order valence-corrected chi connectivity index (χ0v) is 12.2. The molecule has 1 aliphatic rings. The van der Waals surface area contributed by atoms with Crippen LogP contribution < -0.4 is 0 Å². The minimum atomic E-state index is 0.0513. The van der Waals surface area contributed by atoms with E-state index < -0.39 is 0 Å². The van der Waals surface area contributed by atoms with E-state index in [1.54, 1.807) is 12.3 Å². The maximum absolute atomic E-state index is 12.4. The lowest BCUT2D eigenvalue weighted by atomic mass is 10.1. The zero-order valence-electron chi connectivity index (χ0n) is 12.2. The van der Waals surface area contributed by atoms with E-state index in [9.17, 15) is 4.79 Å². The van der Waals surface area contributed by atoms with Crippen LogP contribution in [0.25, 0.3) is 6.08 Å². The Morgan fingerprint density at radius 2 is 2.19 bits per heavy atom. The van der Waals surface area contributed by atoms with Gasteiger partial charge in [0.05, 0.1) is 12.8 Å². The van der Waals surface area contributed by atoms with Gasteiger partial charge in [-0.1, -0.05) is 29.8 Å². The monoisotopic (exact) mass is 281 g/mol. The van der Waals surface area contributed by atoms with Crippen LogP contribution in [0.5, 0.6) is 0 Å². The minimum absolute atomic E-state index is 0.0513. The van der Waals surface area contributed by atoms with Crippen molar-refractivity contribution < 1.29 is 9.21 Å². The number of rotatable bonds is 5. The normalized spacial score (nSPS) is 14.5. The van der Waals surface area contributed by atoms with E-state index in [-0.39, 0.29) is 5.91 Å². The first kappa shape index (κ1) is 13.7. The maximum Gasteiger partial charge on any atom is 0.247 e. The fourth-order valence-electron chi connectivity index (χ4n) is 2.38. The number of carbonyl (C=O) groups excluding carboxylic acids is 1. The smallest absolute Gasteiger partial charge is 0.247 e. The molecule has 1 saturated carbocycles. The second-order valence-corrected chi connectivity index (χ2v) is 5.52. The Morgan fingerprint density at radius 1 is 1.33 bits per heavy atom. The van der Waals surface area contributed by atoms with E-state index in [0.29, 0.717) is 12.6 Å². The molecule has 2 aromatic rings. The summed E-state index contributed by atoms with van der Waals surface area (Å²) >= 11 is 0. The van der Waals surface area contributed by atoms with Crippen molar-refractivity contribution in [1.29, 1.82) is 0 Å². The van der Waals surface area contributed by atoms with Gasteiger partial charge in [-0.2, -0.15) is 0 Å². The lowest BCUT2D eigenvalue weighted by Crippen LogP contribution is -2.30. The number of aryl methyl sites for hydroxylation is 1. The van der Waals surface area contributed by atoms with Crippen LogP contribution in [0.15, 0.2) is 53.2 Å². The highest BCUT2D eigenvalue weighted by atomic mass is 16.3. The third kappa shape index (κ3) is 3.63. The van der Waals surface area contributed by atoms with Crippen LogP contribution in [0.2, 0.25) is 0 Å². The Labute approximate surface area is 124 Å². The Kier molecular flexibility index (Phi) is 3.91. The van der Waals surface area contributed by atoms with Gasteiger partial charge in [0.1, 0.15) is 5.76 Å². The van der Waals surface area contributed by atoms with E-state index in [1.807, 2.05) is 48.2 Å². The quantitative estimate of drug-likeness (QED) is 0.781. The van der Waals surface area contributed by atoms with Gasteiger partial charge in [-0.3, -0.25) is 4.79 Å². The number of hydrogen-bond acceptors (Lipinski definition) is 2. The molecule has 1 aromatic heterocycles. The number of furan rings is 1. The largest absolute Gasteiger partial charge is 0.467 e. The average molecular weight is 281 g/mol. The predicted molar refractivity (Wildman–Crippen MR) is 82.5 cm³/mol. The average Bonchev–Trinajstić information content (AvgIpc) is 3.19. The van der Waals surface area contributed by atoms with Crippen LogP contribution in [0.4, 0.5) is 0 Å². The summed E-state index contributed by atoms with van der Waals surface area (Å²) in [4.78, 5) is 14.3. The second kappa shape index (κ2) is 6.00. The molecule has 0 saturated heterocycles. The fraction of sp³-hybridized carbons (Fsp3) is 0.278. The van der Waals surface area contributed by atoms with Crippen molar-refractivity contribution in [1.82, 2.24) is 4.90 Å². The third-order valence-electron chi connectivity index (χ3n) is 3.64. The molecule has 21 heavy (non-hydrogen) atoms. The van der Waals surface area contributed by atoms with Gasteiger partial charge in [0.25, 0.3) is 0 Å². The van der Waals surface area contributed by atoms with Crippen molar-refractivity contribution in [2.75, 3.05) is 0 Å². The SMILES string of the molecule is Cc1cccc(/C=C/C(=O)N(Cc2ccco2)C2CC2)c1. The molecule has 0 aliphatic heterocycles. The number of benzene rings is 1. The molecule has 1 amide bonds. The highest BCUT2D eigenvalue weighted by molar-refractivity contribution is 5.92. The summed E-state index contributed by atoms with van der Waals surface area (Å²) in [6.45, 7) is 2.60. The molecule has 3 rings (SSSR count). The molecule has 108 valence electrons.